The summed E-state index contributed by atoms with van der Waals surface area (Å²) < 4.78 is 11.7. The van der Waals surface area contributed by atoms with Crippen LogP contribution in [0.25, 0.3) is 0 Å². The van der Waals surface area contributed by atoms with Crippen LogP contribution in [-0.2, 0) is 31.3 Å². The van der Waals surface area contributed by atoms with E-state index in [1.54, 1.807) is 0 Å². The number of hydrogen-bond acceptors (Lipinski definition) is 5. The van der Waals surface area contributed by atoms with Gasteiger partial charge < -0.3 is 9.47 Å². The van der Waals surface area contributed by atoms with Gasteiger partial charge in [-0.2, -0.15) is 0 Å². The fraction of sp³-hybridized carbons (Fsp3) is 0.318. The highest BCUT2D eigenvalue weighted by Gasteiger charge is 2.49. The average Bonchev–Trinajstić information content (AvgIpc) is 3.24. The van der Waals surface area contributed by atoms with E-state index < -0.39 is 29.6 Å². The van der Waals surface area contributed by atoms with E-state index in [1.165, 1.54) is 7.05 Å². The molecule has 1 atom stereocenters. The molecule has 2 aromatic rings. The lowest BCUT2D eigenvalue weighted by atomic mass is 9.94. The Labute approximate surface area is 168 Å². The number of amides is 4. The van der Waals surface area contributed by atoms with Crippen molar-refractivity contribution in [1.29, 1.82) is 0 Å². The van der Waals surface area contributed by atoms with Crippen molar-refractivity contribution in [3.8, 4) is 0 Å². The molecule has 0 N–H and O–H groups in total. The Morgan fingerprint density at radius 1 is 0.897 bits per heavy atom. The average molecular weight is 394 g/mol. The van der Waals surface area contributed by atoms with Crippen LogP contribution >= 0.6 is 0 Å². The predicted molar refractivity (Wildman–Crippen MR) is 104 cm³/mol. The topological polar surface area (TPSA) is 76.2 Å². The summed E-state index contributed by atoms with van der Waals surface area (Å²) in [5.41, 5.74) is 1.57. The van der Waals surface area contributed by atoms with Gasteiger partial charge >= 0.3 is 6.03 Å². The summed E-state index contributed by atoms with van der Waals surface area (Å²) in [5, 5.41) is 0. The van der Waals surface area contributed by atoms with E-state index in [4.69, 9.17) is 9.47 Å². The summed E-state index contributed by atoms with van der Waals surface area (Å²) >= 11 is 0. The second-order valence-corrected chi connectivity index (χ2v) is 7.16. The first-order chi connectivity index (χ1) is 14.0. The van der Waals surface area contributed by atoms with Crippen molar-refractivity contribution in [3.05, 3.63) is 71.8 Å². The highest BCUT2D eigenvalue weighted by atomic mass is 16.7. The molecule has 0 radical (unpaired) electrons. The molecule has 4 rings (SSSR count). The van der Waals surface area contributed by atoms with E-state index in [9.17, 15) is 14.4 Å². The molecule has 2 aliphatic heterocycles. The number of rotatable bonds is 5. The molecule has 2 saturated heterocycles. The third-order valence-electron chi connectivity index (χ3n) is 5.33. The largest absolute Gasteiger partial charge is 0.342 e. The van der Waals surface area contributed by atoms with Gasteiger partial charge in [0.15, 0.2) is 0 Å². The number of carbonyl (C=O) groups is 3. The van der Waals surface area contributed by atoms with Gasteiger partial charge in [-0.3, -0.25) is 19.4 Å². The Morgan fingerprint density at radius 3 is 2.10 bits per heavy atom. The predicted octanol–water partition coefficient (Wildman–Crippen LogP) is 2.17. The molecule has 7 nitrogen and oxygen atoms in total. The van der Waals surface area contributed by atoms with Crippen molar-refractivity contribution in [2.24, 2.45) is 5.92 Å². The van der Waals surface area contributed by atoms with Gasteiger partial charge in [-0.25, -0.2) is 4.79 Å². The van der Waals surface area contributed by atoms with Crippen molar-refractivity contribution in [2.75, 3.05) is 26.8 Å². The zero-order chi connectivity index (χ0) is 20.4. The van der Waals surface area contributed by atoms with Crippen LogP contribution in [0, 0.1) is 5.92 Å². The van der Waals surface area contributed by atoms with Crippen LogP contribution in [0.15, 0.2) is 60.7 Å². The summed E-state index contributed by atoms with van der Waals surface area (Å²) in [6.45, 7) is 0.595. The Bertz CT molecular complexity index is 909. The molecule has 2 fully saturated rings. The van der Waals surface area contributed by atoms with Crippen molar-refractivity contribution in [2.45, 2.75) is 12.2 Å². The second-order valence-electron chi connectivity index (χ2n) is 7.16. The molecule has 0 aliphatic carbocycles. The van der Waals surface area contributed by atoms with Gasteiger partial charge in [0.1, 0.15) is 5.92 Å². The Balaban J connectivity index is 1.64. The van der Waals surface area contributed by atoms with Crippen LogP contribution in [0.5, 0.6) is 0 Å². The highest BCUT2D eigenvalue weighted by Crippen LogP contribution is 2.34. The van der Waals surface area contributed by atoms with Gasteiger partial charge in [-0.05, 0) is 12.0 Å². The molecule has 7 heteroatoms. The minimum atomic E-state index is -1.23. The fourth-order valence-corrected chi connectivity index (χ4v) is 3.77. The van der Waals surface area contributed by atoms with Crippen molar-refractivity contribution in [3.63, 3.8) is 0 Å². The number of ether oxygens (including phenoxy) is 2. The zero-order valence-corrected chi connectivity index (χ0v) is 16.1. The molecule has 4 amide bonds. The van der Waals surface area contributed by atoms with E-state index in [-0.39, 0.29) is 13.0 Å². The lowest BCUT2D eigenvalue weighted by Gasteiger charge is -2.39. The van der Waals surface area contributed by atoms with Crippen LogP contribution in [0.3, 0.4) is 0 Å². The van der Waals surface area contributed by atoms with Crippen LogP contribution in [0.1, 0.15) is 11.1 Å². The van der Waals surface area contributed by atoms with Crippen molar-refractivity contribution >= 4 is 17.8 Å². The van der Waals surface area contributed by atoms with Gasteiger partial charge in [0.05, 0.1) is 19.8 Å². The molecule has 0 saturated carbocycles. The van der Waals surface area contributed by atoms with E-state index in [2.05, 4.69) is 0 Å². The van der Waals surface area contributed by atoms with Crippen LogP contribution in [-0.4, -0.2) is 54.5 Å². The third kappa shape index (κ3) is 3.54. The Kier molecular flexibility index (Phi) is 5.17. The molecule has 0 aromatic heterocycles. The van der Waals surface area contributed by atoms with Gasteiger partial charge in [-0.15, -0.1) is 0 Å². The SMILES string of the molecule is CN1C(=O)C(Cc2ccccc2)C(=O)N(CC2(c3ccccc3)OCCO2)C1=O. The van der Waals surface area contributed by atoms with Gasteiger partial charge in [0.25, 0.3) is 0 Å². The van der Waals surface area contributed by atoms with E-state index >= 15 is 0 Å². The van der Waals surface area contributed by atoms with E-state index in [0.29, 0.717) is 13.2 Å². The minimum absolute atomic E-state index is 0.114. The monoisotopic (exact) mass is 394 g/mol. The molecule has 2 aliphatic rings. The number of barbiturate groups is 1. The number of imide groups is 2. The smallest absolute Gasteiger partial charge is 0.333 e. The summed E-state index contributed by atoms with van der Waals surface area (Å²) in [4.78, 5) is 40.8. The molecule has 2 heterocycles. The molecule has 0 spiro atoms. The van der Waals surface area contributed by atoms with Gasteiger partial charge in [0.2, 0.25) is 17.6 Å². The maximum absolute atomic E-state index is 13.2. The summed E-state index contributed by atoms with van der Waals surface area (Å²) in [6.07, 6.45) is 0.229. The Hall–Kier alpha value is -3.03. The second kappa shape index (κ2) is 7.77. The minimum Gasteiger partial charge on any atom is -0.342 e. The molecule has 29 heavy (non-hydrogen) atoms. The normalized spacial score (nSPS) is 21.7. The number of benzene rings is 2. The van der Waals surface area contributed by atoms with Gasteiger partial charge in [-0.1, -0.05) is 60.7 Å². The van der Waals surface area contributed by atoms with Crippen LogP contribution in [0.4, 0.5) is 4.79 Å². The maximum Gasteiger partial charge on any atom is 0.333 e. The van der Waals surface area contributed by atoms with Crippen molar-refractivity contribution < 1.29 is 23.9 Å². The lowest BCUT2D eigenvalue weighted by molar-refractivity contribution is -0.183. The first kappa shape index (κ1) is 19.3. The molecule has 2 aromatic carbocycles. The fourth-order valence-electron chi connectivity index (χ4n) is 3.77. The summed E-state index contributed by atoms with van der Waals surface area (Å²) in [5.74, 6) is -3.22. The first-order valence-corrected chi connectivity index (χ1v) is 9.52. The molecule has 0 bridgehead atoms. The van der Waals surface area contributed by atoms with Crippen LogP contribution < -0.4 is 0 Å². The maximum atomic E-state index is 13.2. The standard InChI is InChI=1S/C22H22N2O5/c1-23-19(25)18(14-16-8-4-2-5-9-16)20(26)24(21(23)27)15-22(28-12-13-29-22)17-10-6-3-7-11-17/h2-11,18H,12-15H2,1H3. The van der Waals surface area contributed by atoms with E-state index in [1.807, 2.05) is 60.7 Å². The summed E-state index contributed by atoms with van der Waals surface area (Å²) in [7, 11) is 1.40. The molecule has 1 unspecified atom stereocenters. The molecular formula is C22H22N2O5. The highest BCUT2D eigenvalue weighted by molar-refractivity contribution is 6.16. The third-order valence-corrected chi connectivity index (χ3v) is 5.33. The number of nitrogens with zero attached hydrogens (tertiary/aromatic N) is 2. The molecule has 150 valence electrons. The lowest BCUT2D eigenvalue weighted by Crippen LogP contribution is -2.61. The summed E-state index contributed by atoms with van der Waals surface area (Å²) in [6, 6.07) is 17.8. The number of urea groups is 1. The Morgan fingerprint density at radius 2 is 1.48 bits per heavy atom. The quantitative estimate of drug-likeness (QED) is 0.727. The van der Waals surface area contributed by atoms with E-state index in [0.717, 1.165) is 20.9 Å². The van der Waals surface area contributed by atoms with Crippen molar-refractivity contribution in [1.82, 2.24) is 9.80 Å². The zero-order valence-electron chi connectivity index (χ0n) is 16.1. The van der Waals surface area contributed by atoms with Crippen LogP contribution in [0.2, 0.25) is 0 Å². The number of hydrogen-bond donors (Lipinski definition) is 0. The number of carbonyl (C=O) groups excluding carboxylic acids is 3. The van der Waals surface area contributed by atoms with Gasteiger partial charge in [0, 0.05) is 12.6 Å². The first-order valence-electron chi connectivity index (χ1n) is 9.52. The molecular weight excluding hydrogens is 372 g/mol.